The molecular formula is C15H20N2O2. The van der Waals surface area contributed by atoms with Crippen LogP contribution < -0.4 is 0 Å². The van der Waals surface area contributed by atoms with E-state index in [1.165, 1.54) is 0 Å². The van der Waals surface area contributed by atoms with Gasteiger partial charge < -0.3 is 9.84 Å². The van der Waals surface area contributed by atoms with Crippen LogP contribution in [0.1, 0.15) is 29.2 Å². The number of aromatic nitrogens is 2. The monoisotopic (exact) mass is 260 g/mol. The number of hydrogen-bond acceptors (Lipinski definition) is 3. The normalized spacial score (nSPS) is 12.6. The van der Waals surface area contributed by atoms with Crippen LogP contribution in [0.25, 0.3) is 0 Å². The fourth-order valence-corrected chi connectivity index (χ4v) is 2.21. The van der Waals surface area contributed by atoms with Gasteiger partial charge in [-0.1, -0.05) is 24.3 Å². The summed E-state index contributed by atoms with van der Waals surface area (Å²) in [6.45, 7) is 0.528. The Labute approximate surface area is 113 Å². The fourth-order valence-electron chi connectivity index (χ4n) is 2.21. The predicted molar refractivity (Wildman–Crippen MR) is 73.6 cm³/mol. The number of nitrogens with zero attached hydrogens (tertiary/aromatic N) is 2. The quantitative estimate of drug-likeness (QED) is 0.866. The lowest BCUT2D eigenvalue weighted by Crippen LogP contribution is -2.04. The van der Waals surface area contributed by atoms with Gasteiger partial charge in [-0.3, -0.25) is 4.68 Å². The summed E-state index contributed by atoms with van der Waals surface area (Å²) in [5, 5.41) is 14.4. The first-order valence-corrected chi connectivity index (χ1v) is 6.43. The van der Waals surface area contributed by atoms with Crippen molar-refractivity contribution in [2.24, 2.45) is 7.05 Å². The van der Waals surface area contributed by atoms with E-state index >= 15 is 0 Å². The Morgan fingerprint density at radius 2 is 2.16 bits per heavy atom. The second kappa shape index (κ2) is 6.50. The number of rotatable bonds is 6. The van der Waals surface area contributed by atoms with Crippen molar-refractivity contribution < 1.29 is 9.84 Å². The molecule has 0 spiro atoms. The van der Waals surface area contributed by atoms with Gasteiger partial charge in [-0.25, -0.2) is 0 Å². The summed E-state index contributed by atoms with van der Waals surface area (Å²) >= 11 is 0. The molecule has 2 rings (SSSR count). The average Bonchev–Trinajstić information content (AvgIpc) is 2.83. The van der Waals surface area contributed by atoms with Gasteiger partial charge in [0.15, 0.2) is 0 Å². The first-order valence-electron chi connectivity index (χ1n) is 6.43. The van der Waals surface area contributed by atoms with Crippen LogP contribution in [-0.4, -0.2) is 22.0 Å². The summed E-state index contributed by atoms with van der Waals surface area (Å²) in [7, 11) is 3.56. The van der Waals surface area contributed by atoms with E-state index in [-0.39, 0.29) is 0 Å². The van der Waals surface area contributed by atoms with E-state index in [1.807, 2.05) is 43.7 Å². The highest BCUT2D eigenvalue weighted by molar-refractivity contribution is 5.28. The molecular weight excluding hydrogens is 240 g/mol. The van der Waals surface area contributed by atoms with Crippen LogP contribution in [0.3, 0.4) is 0 Å². The molecule has 1 aromatic heterocycles. The van der Waals surface area contributed by atoms with E-state index in [0.29, 0.717) is 13.0 Å². The molecule has 0 aliphatic rings. The summed E-state index contributed by atoms with van der Waals surface area (Å²) in [5.74, 6) is 0. The Morgan fingerprint density at radius 3 is 2.84 bits per heavy atom. The van der Waals surface area contributed by atoms with Gasteiger partial charge in [-0.05, 0) is 29.5 Å². The third-order valence-corrected chi connectivity index (χ3v) is 3.18. The van der Waals surface area contributed by atoms with Crippen LogP contribution in [0, 0.1) is 0 Å². The maximum Gasteiger partial charge on any atom is 0.0796 e. The second-order valence-electron chi connectivity index (χ2n) is 4.71. The number of methoxy groups -OCH3 is 1. The van der Waals surface area contributed by atoms with Crippen molar-refractivity contribution in [3.8, 4) is 0 Å². The molecule has 1 aromatic carbocycles. The molecule has 1 unspecified atom stereocenters. The van der Waals surface area contributed by atoms with Crippen LogP contribution in [0.4, 0.5) is 0 Å². The van der Waals surface area contributed by atoms with Crippen LogP contribution in [0.2, 0.25) is 0 Å². The summed E-state index contributed by atoms with van der Waals surface area (Å²) in [6.07, 6.45) is 4.86. The topological polar surface area (TPSA) is 47.3 Å². The third kappa shape index (κ3) is 3.66. The number of aliphatic hydroxyl groups excluding tert-OH is 1. The summed E-state index contributed by atoms with van der Waals surface area (Å²) < 4.78 is 6.94. The highest BCUT2D eigenvalue weighted by Crippen LogP contribution is 2.23. The minimum atomic E-state index is -0.466. The molecule has 0 aliphatic carbocycles. The second-order valence-corrected chi connectivity index (χ2v) is 4.71. The SMILES string of the molecule is COCc1ccccc1C(O)CCc1cnn(C)c1. The molecule has 0 aliphatic heterocycles. The molecule has 1 heterocycles. The van der Waals surface area contributed by atoms with Crippen molar-refractivity contribution in [2.45, 2.75) is 25.6 Å². The van der Waals surface area contributed by atoms with Gasteiger partial charge in [0.05, 0.1) is 18.9 Å². The highest BCUT2D eigenvalue weighted by atomic mass is 16.5. The Bertz CT molecular complexity index is 522. The Morgan fingerprint density at radius 1 is 1.37 bits per heavy atom. The van der Waals surface area contributed by atoms with Gasteiger partial charge >= 0.3 is 0 Å². The van der Waals surface area contributed by atoms with E-state index in [4.69, 9.17) is 4.74 Å². The molecule has 0 bridgehead atoms. The molecule has 0 saturated heterocycles. The molecule has 4 heteroatoms. The molecule has 0 amide bonds. The lowest BCUT2D eigenvalue weighted by Gasteiger charge is -2.14. The minimum Gasteiger partial charge on any atom is -0.388 e. The van der Waals surface area contributed by atoms with Gasteiger partial charge in [0.25, 0.3) is 0 Å². The van der Waals surface area contributed by atoms with Crippen molar-refractivity contribution in [2.75, 3.05) is 7.11 Å². The maximum atomic E-state index is 10.3. The summed E-state index contributed by atoms with van der Waals surface area (Å²) in [5.41, 5.74) is 3.14. The van der Waals surface area contributed by atoms with E-state index in [9.17, 15) is 5.11 Å². The van der Waals surface area contributed by atoms with Gasteiger partial charge in [0.1, 0.15) is 0 Å². The van der Waals surface area contributed by atoms with E-state index in [0.717, 1.165) is 23.1 Å². The molecule has 0 fully saturated rings. The van der Waals surface area contributed by atoms with Gasteiger partial charge in [-0.15, -0.1) is 0 Å². The van der Waals surface area contributed by atoms with Crippen LogP contribution in [-0.2, 0) is 24.8 Å². The average molecular weight is 260 g/mol. The number of benzene rings is 1. The molecule has 102 valence electrons. The number of ether oxygens (including phenoxy) is 1. The molecule has 2 aromatic rings. The molecule has 1 atom stereocenters. The number of aryl methyl sites for hydroxylation is 2. The zero-order valence-corrected chi connectivity index (χ0v) is 11.4. The van der Waals surface area contributed by atoms with Crippen molar-refractivity contribution in [1.29, 1.82) is 0 Å². The minimum absolute atomic E-state index is 0.466. The van der Waals surface area contributed by atoms with Crippen LogP contribution in [0.15, 0.2) is 36.7 Å². The highest BCUT2D eigenvalue weighted by Gasteiger charge is 2.12. The van der Waals surface area contributed by atoms with Crippen molar-refractivity contribution >= 4 is 0 Å². The van der Waals surface area contributed by atoms with E-state index in [2.05, 4.69) is 5.10 Å². The maximum absolute atomic E-state index is 10.3. The molecule has 1 N–H and O–H groups in total. The largest absolute Gasteiger partial charge is 0.388 e. The smallest absolute Gasteiger partial charge is 0.0796 e. The summed E-state index contributed by atoms with van der Waals surface area (Å²) in [4.78, 5) is 0. The standard InChI is InChI=1S/C15H20N2O2/c1-17-10-12(9-16-17)7-8-15(18)14-6-4-3-5-13(14)11-19-2/h3-6,9-10,15,18H,7-8,11H2,1-2H3. The molecule has 4 nitrogen and oxygen atoms in total. The number of hydrogen-bond donors (Lipinski definition) is 1. The Balaban J connectivity index is 2.01. The zero-order valence-electron chi connectivity index (χ0n) is 11.4. The van der Waals surface area contributed by atoms with Crippen molar-refractivity contribution in [3.05, 3.63) is 53.3 Å². The Kier molecular flexibility index (Phi) is 4.71. The van der Waals surface area contributed by atoms with Gasteiger partial charge in [0.2, 0.25) is 0 Å². The first kappa shape index (κ1) is 13.8. The first-order chi connectivity index (χ1) is 9.20. The number of aliphatic hydroxyl groups is 1. The van der Waals surface area contributed by atoms with E-state index < -0.39 is 6.10 Å². The van der Waals surface area contributed by atoms with Crippen LogP contribution >= 0.6 is 0 Å². The molecule has 0 radical (unpaired) electrons. The van der Waals surface area contributed by atoms with Gasteiger partial charge in [-0.2, -0.15) is 5.10 Å². The fraction of sp³-hybridized carbons (Fsp3) is 0.400. The van der Waals surface area contributed by atoms with E-state index in [1.54, 1.807) is 11.8 Å². The predicted octanol–water partition coefficient (Wildman–Crippen LogP) is 2.23. The molecule has 0 saturated carbocycles. The van der Waals surface area contributed by atoms with Gasteiger partial charge in [0, 0.05) is 20.4 Å². The van der Waals surface area contributed by atoms with Crippen molar-refractivity contribution in [1.82, 2.24) is 9.78 Å². The lowest BCUT2D eigenvalue weighted by molar-refractivity contribution is 0.155. The summed E-state index contributed by atoms with van der Waals surface area (Å²) in [6, 6.07) is 7.86. The Hall–Kier alpha value is -1.65. The third-order valence-electron chi connectivity index (χ3n) is 3.18. The zero-order chi connectivity index (χ0) is 13.7. The lowest BCUT2D eigenvalue weighted by atomic mass is 9.98. The van der Waals surface area contributed by atoms with Crippen molar-refractivity contribution in [3.63, 3.8) is 0 Å². The molecule has 19 heavy (non-hydrogen) atoms. The van der Waals surface area contributed by atoms with Crippen LogP contribution in [0.5, 0.6) is 0 Å².